The fraction of sp³-hybridized carbons (Fsp3) is 0.409. The maximum Gasteiger partial charge on any atom is 0.290 e. The monoisotopic (exact) mass is 447 g/mol. The van der Waals surface area contributed by atoms with Crippen molar-refractivity contribution in [2.45, 2.75) is 33.7 Å². The van der Waals surface area contributed by atoms with Crippen molar-refractivity contribution < 1.29 is 14.7 Å². The van der Waals surface area contributed by atoms with Crippen LogP contribution in [0.2, 0.25) is 5.02 Å². The third-order valence-electron chi connectivity index (χ3n) is 5.40. The van der Waals surface area contributed by atoms with Crippen molar-refractivity contribution in [3.05, 3.63) is 61.8 Å². The first-order valence-corrected chi connectivity index (χ1v) is 11.2. The average molecular weight is 448 g/mol. The average Bonchev–Trinajstić information content (AvgIpc) is 3.19. The van der Waals surface area contributed by atoms with Crippen LogP contribution in [0.1, 0.15) is 45.8 Å². The van der Waals surface area contributed by atoms with E-state index in [1.807, 2.05) is 6.92 Å². The van der Waals surface area contributed by atoms with Crippen LogP contribution in [0.5, 0.6) is 0 Å². The molecule has 3 rings (SSSR count). The molecule has 8 heteroatoms. The summed E-state index contributed by atoms with van der Waals surface area (Å²) in [5, 5.41) is 12.1. The zero-order valence-electron chi connectivity index (χ0n) is 17.6. The minimum Gasteiger partial charge on any atom is -0.503 e. The minimum atomic E-state index is -0.667. The SMILES string of the molecule is CCN(CC)CCN1C(=O)C(O)=C(C(=O)c2sc(C)nc2C)[C@@H]1c1ccc(Cl)cc1. The van der Waals surface area contributed by atoms with Crippen molar-refractivity contribution in [1.82, 2.24) is 14.8 Å². The van der Waals surface area contributed by atoms with E-state index in [2.05, 4.69) is 23.7 Å². The topological polar surface area (TPSA) is 73.7 Å². The molecule has 1 aromatic carbocycles. The molecule has 0 bridgehead atoms. The van der Waals surface area contributed by atoms with E-state index in [-0.39, 0.29) is 11.4 Å². The highest BCUT2D eigenvalue weighted by atomic mass is 35.5. The summed E-state index contributed by atoms with van der Waals surface area (Å²) in [7, 11) is 0. The molecule has 0 spiro atoms. The molecule has 0 unspecified atom stereocenters. The summed E-state index contributed by atoms with van der Waals surface area (Å²) in [4.78, 5) is 35.0. The van der Waals surface area contributed by atoms with Gasteiger partial charge in [0, 0.05) is 18.1 Å². The van der Waals surface area contributed by atoms with Gasteiger partial charge in [-0.05, 0) is 44.6 Å². The molecular weight excluding hydrogens is 422 g/mol. The number of aromatic nitrogens is 1. The number of halogens is 1. The molecule has 6 nitrogen and oxygen atoms in total. The molecular formula is C22H26ClN3O3S. The number of benzene rings is 1. The molecule has 30 heavy (non-hydrogen) atoms. The lowest BCUT2D eigenvalue weighted by molar-refractivity contribution is -0.129. The highest BCUT2D eigenvalue weighted by Gasteiger charge is 2.44. The Morgan fingerprint density at radius 3 is 2.40 bits per heavy atom. The van der Waals surface area contributed by atoms with Gasteiger partial charge in [-0.3, -0.25) is 9.59 Å². The van der Waals surface area contributed by atoms with Gasteiger partial charge in [-0.2, -0.15) is 0 Å². The second-order valence-electron chi connectivity index (χ2n) is 7.22. The molecule has 2 heterocycles. The predicted molar refractivity (Wildman–Crippen MR) is 119 cm³/mol. The molecule has 1 N–H and O–H groups in total. The fourth-order valence-electron chi connectivity index (χ4n) is 3.76. The third kappa shape index (κ3) is 4.29. The van der Waals surface area contributed by atoms with Crippen molar-refractivity contribution in [3.63, 3.8) is 0 Å². The normalized spacial score (nSPS) is 16.8. The van der Waals surface area contributed by atoms with Crippen LogP contribution in [0.3, 0.4) is 0 Å². The van der Waals surface area contributed by atoms with Gasteiger partial charge in [-0.1, -0.05) is 37.6 Å². The van der Waals surface area contributed by atoms with Crippen molar-refractivity contribution >= 4 is 34.6 Å². The predicted octanol–water partition coefficient (Wildman–Crippen LogP) is 4.33. The Morgan fingerprint density at radius 2 is 1.87 bits per heavy atom. The van der Waals surface area contributed by atoms with Crippen LogP contribution in [0.25, 0.3) is 0 Å². The van der Waals surface area contributed by atoms with Crippen LogP contribution < -0.4 is 0 Å². The van der Waals surface area contributed by atoms with Crippen molar-refractivity contribution in [2.24, 2.45) is 0 Å². The van der Waals surface area contributed by atoms with Crippen LogP contribution in [0.4, 0.5) is 0 Å². The van der Waals surface area contributed by atoms with Gasteiger partial charge in [-0.15, -0.1) is 11.3 Å². The first-order valence-electron chi connectivity index (χ1n) is 9.99. The van der Waals surface area contributed by atoms with Gasteiger partial charge >= 0.3 is 0 Å². The number of nitrogens with zero attached hydrogens (tertiary/aromatic N) is 3. The zero-order valence-corrected chi connectivity index (χ0v) is 19.2. The Labute approximate surface area is 185 Å². The van der Waals surface area contributed by atoms with Gasteiger partial charge in [-0.25, -0.2) is 4.98 Å². The Kier molecular flexibility index (Phi) is 6.95. The largest absolute Gasteiger partial charge is 0.503 e. The number of hydrogen-bond donors (Lipinski definition) is 1. The van der Waals surface area contributed by atoms with Gasteiger partial charge in [0.2, 0.25) is 5.78 Å². The van der Waals surface area contributed by atoms with Crippen molar-refractivity contribution in [2.75, 3.05) is 26.2 Å². The summed E-state index contributed by atoms with van der Waals surface area (Å²) < 4.78 is 0. The lowest BCUT2D eigenvalue weighted by Gasteiger charge is -2.29. The number of ketones is 1. The molecule has 1 aromatic heterocycles. The van der Waals surface area contributed by atoms with E-state index < -0.39 is 17.7 Å². The Hall–Kier alpha value is -2.22. The molecule has 2 aromatic rings. The van der Waals surface area contributed by atoms with Crippen LogP contribution in [0, 0.1) is 13.8 Å². The van der Waals surface area contributed by atoms with Gasteiger partial charge in [0.1, 0.15) is 0 Å². The molecule has 1 aliphatic heterocycles. The number of aliphatic hydroxyl groups is 1. The quantitative estimate of drug-likeness (QED) is 0.609. The van der Waals surface area contributed by atoms with E-state index >= 15 is 0 Å². The van der Waals surface area contributed by atoms with E-state index in [1.54, 1.807) is 36.1 Å². The van der Waals surface area contributed by atoms with Crippen LogP contribution in [-0.4, -0.2) is 57.8 Å². The first kappa shape index (κ1) is 22.5. The number of amides is 1. The van der Waals surface area contributed by atoms with Gasteiger partial charge in [0.05, 0.1) is 27.2 Å². The smallest absolute Gasteiger partial charge is 0.290 e. The molecule has 1 aliphatic rings. The molecule has 1 atom stereocenters. The Bertz CT molecular complexity index is 980. The van der Waals surface area contributed by atoms with E-state index in [4.69, 9.17) is 11.6 Å². The summed E-state index contributed by atoms with van der Waals surface area (Å²) in [5.41, 5.74) is 1.44. The van der Waals surface area contributed by atoms with Crippen LogP contribution in [-0.2, 0) is 4.79 Å². The zero-order chi connectivity index (χ0) is 22.0. The number of aryl methyl sites for hydroxylation is 2. The number of aliphatic hydroxyl groups excluding tert-OH is 1. The standard InChI is InChI=1S/C22H26ClN3O3S/c1-5-25(6-2)11-12-26-18(15-7-9-16(23)10-8-15)17(20(28)22(26)29)19(27)21-13(3)24-14(4)30-21/h7-10,18,28H,5-6,11-12H2,1-4H3/t18-/m0/s1. The minimum absolute atomic E-state index is 0.105. The summed E-state index contributed by atoms with van der Waals surface area (Å²) in [6.45, 7) is 10.5. The Morgan fingerprint density at radius 1 is 1.23 bits per heavy atom. The second-order valence-corrected chi connectivity index (χ2v) is 8.86. The molecule has 160 valence electrons. The molecule has 0 fully saturated rings. The van der Waals surface area contributed by atoms with Gasteiger partial charge in [0.15, 0.2) is 5.76 Å². The number of rotatable bonds is 8. The number of likely N-dealkylation sites (N-methyl/N-ethyl adjacent to an activating group) is 1. The molecule has 0 saturated carbocycles. The molecule has 0 aliphatic carbocycles. The van der Waals surface area contributed by atoms with Crippen LogP contribution >= 0.6 is 22.9 Å². The molecule has 0 radical (unpaired) electrons. The fourth-order valence-corrected chi connectivity index (χ4v) is 4.76. The number of carbonyl (C=O) groups is 2. The highest BCUT2D eigenvalue weighted by molar-refractivity contribution is 7.14. The number of thiazole rings is 1. The number of Topliss-reactive ketones (excluding diaryl/α,β-unsaturated/α-hetero) is 1. The molecule has 1 amide bonds. The maximum atomic E-state index is 13.4. The van der Waals surface area contributed by atoms with E-state index in [0.717, 1.165) is 23.7 Å². The first-order chi connectivity index (χ1) is 14.3. The maximum absolute atomic E-state index is 13.4. The highest BCUT2D eigenvalue weighted by Crippen LogP contribution is 2.40. The summed E-state index contributed by atoms with van der Waals surface area (Å²) in [5.74, 6) is -1.36. The summed E-state index contributed by atoms with van der Waals surface area (Å²) >= 11 is 7.32. The van der Waals surface area contributed by atoms with Crippen LogP contribution in [0.15, 0.2) is 35.6 Å². The summed E-state index contributed by atoms with van der Waals surface area (Å²) in [6, 6.07) is 6.37. The lowest BCUT2D eigenvalue weighted by atomic mass is 9.95. The van der Waals surface area contributed by atoms with Gasteiger partial charge in [0.25, 0.3) is 5.91 Å². The van der Waals surface area contributed by atoms with Crippen molar-refractivity contribution in [1.29, 1.82) is 0 Å². The van der Waals surface area contributed by atoms with E-state index in [1.165, 1.54) is 11.3 Å². The number of hydrogen-bond acceptors (Lipinski definition) is 6. The van der Waals surface area contributed by atoms with Crippen molar-refractivity contribution in [3.8, 4) is 0 Å². The summed E-state index contributed by atoms with van der Waals surface area (Å²) in [6.07, 6.45) is 0. The third-order valence-corrected chi connectivity index (χ3v) is 6.72. The lowest BCUT2D eigenvalue weighted by Crippen LogP contribution is -2.38. The second kappa shape index (κ2) is 9.29. The molecule has 0 saturated heterocycles. The van der Waals surface area contributed by atoms with Gasteiger partial charge < -0.3 is 14.9 Å². The van der Waals surface area contributed by atoms with E-state index in [0.29, 0.717) is 28.7 Å². The Balaban J connectivity index is 2.04. The number of carbonyl (C=O) groups excluding carboxylic acids is 2. The van der Waals surface area contributed by atoms with E-state index in [9.17, 15) is 14.7 Å².